The smallest absolute Gasteiger partial charge is 0.0471 e. The van der Waals surface area contributed by atoms with Crippen LogP contribution in [0.2, 0.25) is 0 Å². The Bertz CT molecular complexity index is 142. The van der Waals surface area contributed by atoms with Gasteiger partial charge in [-0.05, 0) is 19.3 Å². The molecule has 3 heteroatoms. The number of nitrogens with two attached hydrogens (primary N) is 1. The minimum absolute atomic E-state index is 0.237. The summed E-state index contributed by atoms with van der Waals surface area (Å²) in [4.78, 5) is 0. The molecule has 0 aromatic carbocycles. The molecule has 15 heavy (non-hydrogen) atoms. The number of hydrogen-bond acceptors (Lipinski definition) is 3. The molecule has 3 atom stereocenters. The van der Waals surface area contributed by atoms with Crippen LogP contribution >= 0.6 is 0 Å². The van der Waals surface area contributed by atoms with Crippen LogP contribution in [0.4, 0.5) is 0 Å². The molecule has 0 aliphatic carbocycles. The van der Waals surface area contributed by atoms with Crippen LogP contribution in [0, 0.1) is 5.92 Å². The number of nitrogens with one attached hydrogen (secondary N) is 1. The van der Waals surface area contributed by atoms with Crippen molar-refractivity contribution < 1.29 is 5.11 Å². The molecule has 0 bridgehead atoms. The molecule has 0 spiro atoms. The summed E-state index contributed by atoms with van der Waals surface area (Å²) in [5.41, 5.74) is 5.72. The first-order chi connectivity index (χ1) is 7.15. The number of aliphatic hydroxyl groups is 1. The van der Waals surface area contributed by atoms with Crippen molar-refractivity contribution in [1.29, 1.82) is 0 Å². The maximum Gasteiger partial charge on any atom is 0.0471 e. The second kappa shape index (κ2) is 9.13. The monoisotopic (exact) mass is 216 g/mol. The molecule has 0 aliphatic heterocycles. The molecular weight excluding hydrogens is 188 g/mol. The van der Waals surface area contributed by atoms with Crippen molar-refractivity contribution in [3.8, 4) is 0 Å². The zero-order chi connectivity index (χ0) is 11.7. The van der Waals surface area contributed by atoms with E-state index in [-0.39, 0.29) is 6.61 Å². The van der Waals surface area contributed by atoms with Gasteiger partial charge in [-0.15, -0.1) is 0 Å². The van der Waals surface area contributed by atoms with Gasteiger partial charge in [-0.25, -0.2) is 0 Å². The molecule has 0 aromatic rings. The molecule has 0 rings (SSSR count). The van der Waals surface area contributed by atoms with Crippen LogP contribution in [0.3, 0.4) is 0 Å². The van der Waals surface area contributed by atoms with E-state index in [1.807, 2.05) is 0 Å². The Morgan fingerprint density at radius 1 is 1.27 bits per heavy atom. The summed E-state index contributed by atoms with van der Waals surface area (Å²) in [6.45, 7) is 7.30. The van der Waals surface area contributed by atoms with Crippen molar-refractivity contribution in [1.82, 2.24) is 5.32 Å². The Kier molecular flexibility index (Phi) is 9.06. The highest BCUT2D eigenvalue weighted by Crippen LogP contribution is 2.07. The summed E-state index contributed by atoms with van der Waals surface area (Å²) >= 11 is 0. The van der Waals surface area contributed by atoms with Crippen molar-refractivity contribution in [2.45, 2.75) is 58.5 Å². The number of unbranched alkanes of at least 4 members (excludes halogenated alkanes) is 2. The first-order valence-electron chi connectivity index (χ1n) is 6.22. The number of hydrogen-bond donors (Lipinski definition) is 3. The number of aliphatic hydroxyl groups excluding tert-OH is 1. The van der Waals surface area contributed by atoms with Gasteiger partial charge in [0.15, 0.2) is 0 Å². The van der Waals surface area contributed by atoms with Crippen LogP contribution in [0.25, 0.3) is 0 Å². The Morgan fingerprint density at radius 3 is 2.40 bits per heavy atom. The molecule has 0 aliphatic rings. The van der Waals surface area contributed by atoms with E-state index < -0.39 is 0 Å². The van der Waals surface area contributed by atoms with E-state index in [1.165, 1.54) is 19.3 Å². The zero-order valence-corrected chi connectivity index (χ0v) is 10.5. The third kappa shape index (κ3) is 6.88. The van der Waals surface area contributed by atoms with Gasteiger partial charge in [-0.3, -0.25) is 0 Å². The fraction of sp³-hybridized carbons (Fsp3) is 1.00. The summed E-state index contributed by atoms with van der Waals surface area (Å²) in [6.07, 6.45) is 4.92. The van der Waals surface area contributed by atoms with Crippen molar-refractivity contribution >= 4 is 0 Å². The van der Waals surface area contributed by atoms with Gasteiger partial charge in [0.2, 0.25) is 0 Å². The van der Waals surface area contributed by atoms with Crippen molar-refractivity contribution in [3.05, 3.63) is 0 Å². The highest BCUT2D eigenvalue weighted by molar-refractivity contribution is 4.75. The zero-order valence-electron chi connectivity index (χ0n) is 10.5. The average molecular weight is 216 g/mol. The Labute approximate surface area is 94.4 Å². The van der Waals surface area contributed by atoms with E-state index in [4.69, 9.17) is 10.8 Å². The Balaban J connectivity index is 3.76. The molecule has 3 unspecified atom stereocenters. The highest BCUT2D eigenvalue weighted by atomic mass is 16.3. The normalized spacial score (nSPS) is 17.4. The van der Waals surface area contributed by atoms with Gasteiger partial charge in [-0.1, -0.05) is 33.1 Å². The molecule has 0 fully saturated rings. The third-order valence-electron chi connectivity index (χ3n) is 3.08. The van der Waals surface area contributed by atoms with Crippen LogP contribution in [0.1, 0.15) is 46.5 Å². The molecule has 92 valence electrons. The van der Waals surface area contributed by atoms with Crippen LogP contribution in [0.5, 0.6) is 0 Å². The Hall–Kier alpha value is -0.120. The predicted octanol–water partition coefficient (Wildman–Crippen LogP) is 1.50. The SMILES string of the molecule is CCCCCC(CN)NC(C)C(C)CO. The van der Waals surface area contributed by atoms with Crippen LogP contribution in [0.15, 0.2) is 0 Å². The van der Waals surface area contributed by atoms with Gasteiger partial charge >= 0.3 is 0 Å². The molecule has 3 nitrogen and oxygen atoms in total. The highest BCUT2D eigenvalue weighted by Gasteiger charge is 2.14. The van der Waals surface area contributed by atoms with E-state index in [0.717, 1.165) is 6.42 Å². The summed E-state index contributed by atoms with van der Waals surface area (Å²) in [5.74, 6) is 0.297. The molecular formula is C12H28N2O. The van der Waals surface area contributed by atoms with E-state index in [9.17, 15) is 0 Å². The predicted molar refractivity (Wildman–Crippen MR) is 65.8 cm³/mol. The van der Waals surface area contributed by atoms with Crippen LogP contribution < -0.4 is 11.1 Å². The summed E-state index contributed by atoms with van der Waals surface area (Å²) in [7, 11) is 0. The van der Waals surface area contributed by atoms with Crippen LogP contribution in [-0.2, 0) is 0 Å². The van der Waals surface area contributed by atoms with E-state index in [2.05, 4.69) is 26.1 Å². The lowest BCUT2D eigenvalue weighted by atomic mass is 10.0. The Morgan fingerprint density at radius 2 is 1.93 bits per heavy atom. The lowest BCUT2D eigenvalue weighted by Crippen LogP contribution is -2.44. The topological polar surface area (TPSA) is 58.3 Å². The van der Waals surface area contributed by atoms with Crippen molar-refractivity contribution in [2.75, 3.05) is 13.2 Å². The second-order valence-electron chi connectivity index (χ2n) is 4.54. The number of rotatable bonds is 9. The third-order valence-corrected chi connectivity index (χ3v) is 3.08. The quantitative estimate of drug-likeness (QED) is 0.512. The fourth-order valence-corrected chi connectivity index (χ4v) is 1.60. The molecule has 4 N–H and O–H groups in total. The van der Waals surface area contributed by atoms with Gasteiger partial charge in [-0.2, -0.15) is 0 Å². The van der Waals surface area contributed by atoms with Crippen molar-refractivity contribution in [2.24, 2.45) is 11.7 Å². The van der Waals surface area contributed by atoms with E-state index >= 15 is 0 Å². The first-order valence-corrected chi connectivity index (χ1v) is 6.22. The molecule has 0 aromatic heterocycles. The molecule has 0 saturated carbocycles. The maximum atomic E-state index is 9.03. The van der Waals surface area contributed by atoms with Gasteiger partial charge in [0.25, 0.3) is 0 Å². The van der Waals surface area contributed by atoms with Crippen molar-refractivity contribution in [3.63, 3.8) is 0 Å². The first kappa shape index (κ1) is 14.9. The average Bonchev–Trinajstić information content (AvgIpc) is 2.26. The van der Waals surface area contributed by atoms with Gasteiger partial charge in [0.1, 0.15) is 0 Å². The van der Waals surface area contributed by atoms with Gasteiger partial charge in [0, 0.05) is 25.2 Å². The molecule has 0 amide bonds. The van der Waals surface area contributed by atoms with E-state index in [0.29, 0.717) is 24.5 Å². The summed E-state index contributed by atoms with van der Waals surface area (Å²) in [6, 6.07) is 0.741. The lowest BCUT2D eigenvalue weighted by Gasteiger charge is -2.25. The summed E-state index contributed by atoms with van der Waals surface area (Å²) < 4.78 is 0. The van der Waals surface area contributed by atoms with Crippen LogP contribution in [-0.4, -0.2) is 30.3 Å². The summed E-state index contributed by atoms with van der Waals surface area (Å²) in [5, 5.41) is 12.5. The minimum Gasteiger partial charge on any atom is -0.396 e. The lowest BCUT2D eigenvalue weighted by molar-refractivity contribution is 0.199. The largest absolute Gasteiger partial charge is 0.396 e. The minimum atomic E-state index is 0.237. The van der Waals surface area contributed by atoms with E-state index in [1.54, 1.807) is 0 Å². The van der Waals surface area contributed by atoms with Gasteiger partial charge < -0.3 is 16.2 Å². The second-order valence-corrected chi connectivity index (χ2v) is 4.54. The molecule has 0 heterocycles. The fourth-order valence-electron chi connectivity index (χ4n) is 1.60. The molecule has 0 radical (unpaired) electrons. The van der Waals surface area contributed by atoms with Gasteiger partial charge in [0.05, 0.1) is 0 Å². The molecule has 0 saturated heterocycles. The maximum absolute atomic E-state index is 9.03. The standard InChI is InChI=1S/C12H28N2O/c1-4-5-6-7-12(8-13)14-11(3)10(2)9-15/h10-12,14-15H,4-9,13H2,1-3H3.